The predicted molar refractivity (Wildman–Crippen MR) is 132 cm³/mol. The fourth-order valence-electron chi connectivity index (χ4n) is 2.90. The molecule has 0 radical (unpaired) electrons. The van der Waals surface area contributed by atoms with E-state index < -0.39 is 6.04 Å². The maximum Gasteiger partial charge on any atom is 0.242 e. The van der Waals surface area contributed by atoms with E-state index in [0.717, 1.165) is 24.0 Å². The number of rotatable bonds is 11. The second kappa shape index (κ2) is 13.2. The first-order valence-corrected chi connectivity index (χ1v) is 12.4. The molecule has 0 heterocycles. The molecular weight excluding hydrogens is 475 g/mol. The van der Waals surface area contributed by atoms with Crippen LogP contribution in [0.15, 0.2) is 42.5 Å². The Morgan fingerprint density at radius 3 is 2.48 bits per heavy atom. The molecule has 0 unspecified atom stereocenters. The monoisotopic (exact) mass is 500 g/mol. The SMILES string of the molecule is CCCCNC(=O)[C@H](C)N(Cc1ccc(Cl)cc1Cl)C(=O)CSCc1ccccc1Cl. The lowest BCUT2D eigenvalue weighted by molar-refractivity contribution is -0.138. The van der Waals surface area contributed by atoms with Crippen molar-refractivity contribution in [3.05, 3.63) is 68.7 Å². The maximum absolute atomic E-state index is 13.1. The van der Waals surface area contributed by atoms with Crippen LogP contribution in [0.25, 0.3) is 0 Å². The highest BCUT2D eigenvalue weighted by Gasteiger charge is 2.26. The lowest BCUT2D eigenvalue weighted by atomic mass is 10.1. The van der Waals surface area contributed by atoms with Gasteiger partial charge in [-0.15, -0.1) is 11.8 Å². The fourth-order valence-corrected chi connectivity index (χ4v) is 4.56. The zero-order valence-corrected chi connectivity index (χ0v) is 20.8. The van der Waals surface area contributed by atoms with Crippen LogP contribution in [0.4, 0.5) is 0 Å². The summed E-state index contributed by atoms with van der Waals surface area (Å²) in [6, 6.07) is 12.1. The van der Waals surface area contributed by atoms with Crippen LogP contribution < -0.4 is 5.32 Å². The number of carbonyl (C=O) groups is 2. The first-order chi connectivity index (χ1) is 14.8. The van der Waals surface area contributed by atoms with E-state index >= 15 is 0 Å². The highest BCUT2D eigenvalue weighted by atomic mass is 35.5. The molecular formula is C23H27Cl3N2O2S. The molecule has 2 rings (SSSR count). The number of unbranched alkanes of at least 4 members (excludes halogenated alkanes) is 1. The van der Waals surface area contributed by atoms with Gasteiger partial charge in [-0.2, -0.15) is 0 Å². The Bertz CT molecular complexity index is 895. The molecule has 0 aromatic heterocycles. The van der Waals surface area contributed by atoms with Crippen molar-refractivity contribution in [1.29, 1.82) is 0 Å². The van der Waals surface area contributed by atoms with Gasteiger partial charge in [0.25, 0.3) is 0 Å². The number of halogens is 3. The summed E-state index contributed by atoms with van der Waals surface area (Å²) in [5, 5.41) is 4.57. The highest BCUT2D eigenvalue weighted by molar-refractivity contribution is 7.99. The van der Waals surface area contributed by atoms with Gasteiger partial charge in [-0.3, -0.25) is 9.59 Å². The minimum atomic E-state index is -0.628. The molecule has 2 aromatic rings. The van der Waals surface area contributed by atoms with Crippen LogP contribution in [0.3, 0.4) is 0 Å². The second-order valence-corrected chi connectivity index (χ2v) is 9.40. The lowest BCUT2D eigenvalue weighted by Crippen LogP contribution is -2.48. The third kappa shape index (κ3) is 8.23. The van der Waals surface area contributed by atoms with E-state index in [1.165, 1.54) is 11.8 Å². The first kappa shape index (κ1) is 25.9. The molecule has 31 heavy (non-hydrogen) atoms. The molecule has 0 aliphatic carbocycles. The largest absolute Gasteiger partial charge is 0.354 e. The van der Waals surface area contributed by atoms with Gasteiger partial charge in [-0.25, -0.2) is 0 Å². The van der Waals surface area contributed by atoms with E-state index in [1.807, 2.05) is 24.3 Å². The van der Waals surface area contributed by atoms with Gasteiger partial charge in [0.2, 0.25) is 11.8 Å². The Hall–Kier alpha value is -1.40. The zero-order valence-electron chi connectivity index (χ0n) is 17.7. The molecule has 2 amide bonds. The Morgan fingerprint density at radius 2 is 1.81 bits per heavy atom. The average Bonchev–Trinajstić information content (AvgIpc) is 2.74. The molecule has 1 N–H and O–H groups in total. The van der Waals surface area contributed by atoms with Gasteiger partial charge in [0.15, 0.2) is 0 Å². The summed E-state index contributed by atoms with van der Waals surface area (Å²) < 4.78 is 0. The number of nitrogens with zero attached hydrogens (tertiary/aromatic N) is 1. The molecule has 0 saturated heterocycles. The van der Waals surface area contributed by atoms with Crippen LogP contribution in [-0.2, 0) is 21.9 Å². The lowest BCUT2D eigenvalue weighted by Gasteiger charge is -2.29. The standard InChI is InChI=1S/C23H27Cl3N2O2S/c1-3-4-11-27-23(30)16(2)28(13-17-9-10-19(24)12-21(17)26)22(29)15-31-14-18-7-5-6-8-20(18)25/h5-10,12,16H,3-4,11,13-15H2,1-2H3,(H,27,30)/t16-/m0/s1. The van der Waals surface area contributed by atoms with Gasteiger partial charge in [0.05, 0.1) is 5.75 Å². The molecule has 0 spiro atoms. The summed E-state index contributed by atoms with van der Waals surface area (Å²) in [5.41, 5.74) is 1.71. The van der Waals surface area contributed by atoms with E-state index in [2.05, 4.69) is 12.2 Å². The Labute approximate surface area is 203 Å². The number of benzene rings is 2. The van der Waals surface area contributed by atoms with Crippen LogP contribution in [-0.4, -0.2) is 35.1 Å². The predicted octanol–water partition coefficient (Wildman–Crippen LogP) is 6.21. The zero-order chi connectivity index (χ0) is 22.8. The summed E-state index contributed by atoms with van der Waals surface area (Å²) in [6.45, 7) is 4.61. The molecule has 0 bridgehead atoms. The molecule has 168 valence electrons. The van der Waals surface area contributed by atoms with Crippen molar-refractivity contribution < 1.29 is 9.59 Å². The molecule has 2 aromatic carbocycles. The Morgan fingerprint density at radius 1 is 1.06 bits per heavy atom. The number of hydrogen-bond donors (Lipinski definition) is 1. The number of nitrogens with one attached hydrogen (secondary N) is 1. The summed E-state index contributed by atoms with van der Waals surface area (Å²) in [4.78, 5) is 27.3. The van der Waals surface area contributed by atoms with Crippen molar-refractivity contribution in [1.82, 2.24) is 10.2 Å². The molecule has 1 atom stereocenters. The molecule has 0 saturated carbocycles. The van der Waals surface area contributed by atoms with Crippen LogP contribution in [0.2, 0.25) is 15.1 Å². The smallest absolute Gasteiger partial charge is 0.242 e. The van der Waals surface area contributed by atoms with Crippen molar-refractivity contribution >= 4 is 58.4 Å². The normalized spacial score (nSPS) is 11.8. The van der Waals surface area contributed by atoms with E-state index in [4.69, 9.17) is 34.8 Å². The molecule has 0 aliphatic rings. The second-order valence-electron chi connectivity index (χ2n) is 7.16. The van der Waals surface area contributed by atoms with E-state index in [9.17, 15) is 9.59 Å². The topological polar surface area (TPSA) is 49.4 Å². The summed E-state index contributed by atoms with van der Waals surface area (Å²) in [7, 11) is 0. The van der Waals surface area contributed by atoms with E-state index in [1.54, 1.807) is 30.0 Å². The van der Waals surface area contributed by atoms with Crippen LogP contribution in [0.5, 0.6) is 0 Å². The van der Waals surface area contributed by atoms with E-state index in [0.29, 0.717) is 27.4 Å². The summed E-state index contributed by atoms with van der Waals surface area (Å²) in [5.74, 6) is 0.519. The number of amides is 2. The quantitative estimate of drug-likeness (QED) is 0.372. The minimum absolute atomic E-state index is 0.138. The molecule has 4 nitrogen and oxygen atoms in total. The van der Waals surface area contributed by atoms with Crippen molar-refractivity contribution in [3.8, 4) is 0 Å². The maximum atomic E-state index is 13.1. The van der Waals surface area contributed by atoms with Crippen LogP contribution >= 0.6 is 46.6 Å². The minimum Gasteiger partial charge on any atom is -0.354 e. The number of thioether (sulfide) groups is 1. The fraction of sp³-hybridized carbons (Fsp3) is 0.391. The van der Waals surface area contributed by atoms with Gasteiger partial charge in [-0.05, 0) is 42.7 Å². The van der Waals surface area contributed by atoms with Gasteiger partial charge in [-0.1, -0.05) is 72.4 Å². The first-order valence-electron chi connectivity index (χ1n) is 10.2. The van der Waals surface area contributed by atoms with Gasteiger partial charge in [0.1, 0.15) is 6.04 Å². The van der Waals surface area contributed by atoms with Crippen molar-refractivity contribution in [2.24, 2.45) is 0 Å². The van der Waals surface area contributed by atoms with Gasteiger partial charge >= 0.3 is 0 Å². The number of carbonyl (C=O) groups excluding carboxylic acids is 2. The molecule has 8 heteroatoms. The third-order valence-corrected chi connectivity index (χ3v) is 6.72. The van der Waals surface area contributed by atoms with E-state index in [-0.39, 0.29) is 24.1 Å². The van der Waals surface area contributed by atoms with Crippen molar-refractivity contribution in [2.75, 3.05) is 12.3 Å². The molecule has 0 fully saturated rings. The highest BCUT2D eigenvalue weighted by Crippen LogP contribution is 2.25. The average molecular weight is 502 g/mol. The van der Waals surface area contributed by atoms with Gasteiger partial charge < -0.3 is 10.2 Å². The third-order valence-electron chi connectivity index (χ3n) is 4.79. The molecule has 0 aliphatic heterocycles. The Kier molecular flexibility index (Phi) is 11.0. The summed E-state index contributed by atoms with van der Waals surface area (Å²) >= 11 is 20.0. The number of hydrogen-bond acceptors (Lipinski definition) is 3. The van der Waals surface area contributed by atoms with Crippen molar-refractivity contribution in [2.45, 2.75) is 45.0 Å². The Balaban J connectivity index is 2.10. The van der Waals surface area contributed by atoms with Crippen LogP contribution in [0, 0.1) is 0 Å². The van der Waals surface area contributed by atoms with Crippen molar-refractivity contribution in [3.63, 3.8) is 0 Å². The summed E-state index contributed by atoms with van der Waals surface area (Å²) in [6.07, 6.45) is 1.87. The van der Waals surface area contributed by atoms with Gasteiger partial charge in [0, 0.05) is 33.9 Å². The van der Waals surface area contributed by atoms with Crippen LogP contribution in [0.1, 0.15) is 37.8 Å².